The van der Waals surface area contributed by atoms with Crippen molar-refractivity contribution in [1.29, 1.82) is 0 Å². The summed E-state index contributed by atoms with van der Waals surface area (Å²) in [5.74, 6) is 0.407. The summed E-state index contributed by atoms with van der Waals surface area (Å²) in [7, 11) is 0. The fraction of sp³-hybridized carbons (Fsp3) is 0.250. The summed E-state index contributed by atoms with van der Waals surface area (Å²) in [5.41, 5.74) is -0.190. The van der Waals surface area contributed by atoms with Crippen LogP contribution < -0.4 is 10.9 Å². The van der Waals surface area contributed by atoms with Crippen LogP contribution in [0.4, 0.5) is 4.39 Å². The SMILES string of the molecule is O=C(Cn1ccccc1=O)NCCCSc1ccc(F)cc1. The Kier molecular flexibility index (Phi) is 6.21. The van der Waals surface area contributed by atoms with Gasteiger partial charge in [-0.15, -0.1) is 11.8 Å². The second-order valence-corrected chi connectivity index (χ2v) is 5.84. The van der Waals surface area contributed by atoms with E-state index in [1.54, 1.807) is 42.2 Å². The zero-order chi connectivity index (χ0) is 15.8. The maximum absolute atomic E-state index is 12.7. The normalized spacial score (nSPS) is 10.4. The Bertz CT molecular complexity index is 670. The number of pyridine rings is 1. The van der Waals surface area contributed by atoms with Gasteiger partial charge in [0.2, 0.25) is 5.91 Å². The van der Waals surface area contributed by atoms with Crippen LogP contribution in [0.5, 0.6) is 0 Å². The van der Waals surface area contributed by atoms with Crippen LogP contribution in [-0.4, -0.2) is 22.8 Å². The summed E-state index contributed by atoms with van der Waals surface area (Å²) in [6.45, 7) is 0.583. The van der Waals surface area contributed by atoms with Crippen LogP contribution in [-0.2, 0) is 11.3 Å². The van der Waals surface area contributed by atoms with Crippen molar-refractivity contribution >= 4 is 17.7 Å². The van der Waals surface area contributed by atoms with E-state index in [4.69, 9.17) is 0 Å². The molecular weight excluding hydrogens is 303 g/mol. The molecule has 0 bridgehead atoms. The molecular formula is C16H17FN2O2S. The number of carbonyl (C=O) groups is 1. The lowest BCUT2D eigenvalue weighted by Crippen LogP contribution is -2.32. The summed E-state index contributed by atoms with van der Waals surface area (Å²) in [6.07, 6.45) is 2.39. The number of nitrogens with zero attached hydrogens (tertiary/aromatic N) is 1. The highest BCUT2D eigenvalue weighted by molar-refractivity contribution is 7.99. The number of amides is 1. The van der Waals surface area contributed by atoms with Gasteiger partial charge in [0.25, 0.3) is 5.56 Å². The predicted molar refractivity (Wildman–Crippen MR) is 85.5 cm³/mol. The zero-order valence-electron chi connectivity index (χ0n) is 12.0. The van der Waals surface area contributed by atoms with Crippen molar-refractivity contribution in [2.24, 2.45) is 0 Å². The minimum atomic E-state index is -0.243. The number of aromatic nitrogens is 1. The number of nitrogens with one attached hydrogen (secondary N) is 1. The average Bonchev–Trinajstić information content (AvgIpc) is 2.51. The fourth-order valence-electron chi connectivity index (χ4n) is 1.82. The van der Waals surface area contributed by atoms with Crippen LogP contribution in [0.2, 0.25) is 0 Å². The maximum Gasteiger partial charge on any atom is 0.250 e. The van der Waals surface area contributed by atoms with Gasteiger partial charge in [0.1, 0.15) is 12.4 Å². The first-order valence-corrected chi connectivity index (χ1v) is 7.94. The molecule has 0 atom stereocenters. The van der Waals surface area contributed by atoms with Crippen molar-refractivity contribution in [2.45, 2.75) is 17.9 Å². The lowest BCUT2D eigenvalue weighted by Gasteiger charge is -2.07. The Morgan fingerprint density at radius 3 is 2.68 bits per heavy atom. The van der Waals surface area contributed by atoms with Crippen molar-refractivity contribution in [1.82, 2.24) is 9.88 Å². The fourth-order valence-corrected chi connectivity index (χ4v) is 2.68. The molecule has 0 spiro atoms. The topological polar surface area (TPSA) is 51.1 Å². The second kappa shape index (κ2) is 8.38. The van der Waals surface area contributed by atoms with Gasteiger partial charge >= 0.3 is 0 Å². The molecule has 1 heterocycles. The van der Waals surface area contributed by atoms with Crippen molar-refractivity contribution < 1.29 is 9.18 Å². The van der Waals surface area contributed by atoms with Gasteiger partial charge in [0, 0.05) is 23.7 Å². The number of hydrogen-bond acceptors (Lipinski definition) is 3. The van der Waals surface area contributed by atoms with Crippen LogP contribution in [0.1, 0.15) is 6.42 Å². The molecule has 0 aliphatic rings. The largest absolute Gasteiger partial charge is 0.355 e. The molecule has 1 aromatic heterocycles. The van der Waals surface area contributed by atoms with Crippen molar-refractivity contribution in [3.63, 3.8) is 0 Å². The van der Waals surface area contributed by atoms with Crippen LogP contribution in [0.15, 0.2) is 58.4 Å². The first kappa shape index (κ1) is 16.3. The Morgan fingerprint density at radius 2 is 1.95 bits per heavy atom. The Balaban J connectivity index is 1.64. The third kappa shape index (κ3) is 5.37. The third-order valence-electron chi connectivity index (χ3n) is 2.94. The van der Waals surface area contributed by atoms with E-state index >= 15 is 0 Å². The van der Waals surface area contributed by atoms with Crippen molar-refractivity contribution in [3.05, 3.63) is 64.8 Å². The molecule has 2 aromatic rings. The summed E-state index contributed by atoms with van der Waals surface area (Å²) >= 11 is 1.61. The van der Waals surface area contributed by atoms with Gasteiger partial charge in [-0.1, -0.05) is 6.07 Å². The highest BCUT2D eigenvalue weighted by Crippen LogP contribution is 2.18. The van der Waals surface area contributed by atoms with Crippen LogP contribution in [0.3, 0.4) is 0 Å². The minimum absolute atomic E-state index is 0.0325. The number of halogens is 1. The highest BCUT2D eigenvalue weighted by atomic mass is 32.2. The maximum atomic E-state index is 12.7. The standard InChI is InChI=1S/C16H17FN2O2S/c17-13-5-7-14(8-6-13)22-11-3-9-18-15(20)12-19-10-2-1-4-16(19)21/h1-2,4-8,10H,3,9,11-12H2,(H,18,20). The van der Waals surface area contributed by atoms with Crippen LogP contribution in [0, 0.1) is 5.82 Å². The van der Waals surface area contributed by atoms with Gasteiger partial charge < -0.3 is 9.88 Å². The molecule has 1 aromatic carbocycles. The van der Waals surface area contributed by atoms with Gasteiger partial charge in [-0.25, -0.2) is 4.39 Å². The smallest absolute Gasteiger partial charge is 0.250 e. The average molecular weight is 320 g/mol. The summed E-state index contributed by atoms with van der Waals surface area (Å²) in [4.78, 5) is 24.2. The molecule has 0 radical (unpaired) electrons. The van der Waals surface area contributed by atoms with Gasteiger partial charge in [0.15, 0.2) is 0 Å². The molecule has 1 amide bonds. The van der Waals surface area contributed by atoms with E-state index < -0.39 is 0 Å². The Morgan fingerprint density at radius 1 is 1.18 bits per heavy atom. The first-order valence-electron chi connectivity index (χ1n) is 6.96. The molecule has 0 unspecified atom stereocenters. The molecule has 22 heavy (non-hydrogen) atoms. The lowest BCUT2D eigenvalue weighted by molar-refractivity contribution is -0.121. The summed E-state index contributed by atoms with van der Waals surface area (Å²) in [6, 6.07) is 11.1. The number of carbonyl (C=O) groups excluding carboxylic acids is 1. The van der Waals surface area contributed by atoms with E-state index in [9.17, 15) is 14.0 Å². The molecule has 0 aliphatic heterocycles. The van der Waals surface area contributed by atoms with Gasteiger partial charge in [-0.2, -0.15) is 0 Å². The van der Waals surface area contributed by atoms with E-state index in [2.05, 4.69) is 5.32 Å². The van der Waals surface area contributed by atoms with Crippen molar-refractivity contribution in [3.8, 4) is 0 Å². The zero-order valence-corrected chi connectivity index (χ0v) is 12.8. The summed E-state index contributed by atoms with van der Waals surface area (Å²) in [5, 5.41) is 2.78. The Hall–Kier alpha value is -2.08. The number of hydrogen-bond donors (Lipinski definition) is 1. The molecule has 6 heteroatoms. The highest BCUT2D eigenvalue weighted by Gasteiger charge is 2.03. The predicted octanol–water partition coefficient (Wildman–Crippen LogP) is 2.29. The van der Waals surface area contributed by atoms with E-state index in [-0.39, 0.29) is 23.8 Å². The molecule has 4 nitrogen and oxygen atoms in total. The first-order chi connectivity index (χ1) is 10.6. The molecule has 0 saturated heterocycles. The molecule has 1 N–H and O–H groups in total. The molecule has 116 valence electrons. The van der Waals surface area contributed by atoms with Crippen LogP contribution in [0.25, 0.3) is 0 Å². The summed E-state index contributed by atoms with van der Waals surface area (Å²) < 4.78 is 14.1. The minimum Gasteiger partial charge on any atom is -0.355 e. The van der Waals surface area contributed by atoms with E-state index in [1.807, 2.05) is 0 Å². The van der Waals surface area contributed by atoms with E-state index in [0.29, 0.717) is 6.54 Å². The van der Waals surface area contributed by atoms with Crippen LogP contribution >= 0.6 is 11.8 Å². The molecule has 0 aliphatic carbocycles. The van der Waals surface area contributed by atoms with E-state index in [0.717, 1.165) is 17.1 Å². The van der Waals surface area contributed by atoms with Gasteiger partial charge in [-0.3, -0.25) is 9.59 Å². The molecule has 2 rings (SSSR count). The number of benzene rings is 1. The number of thioether (sulfide) groups is 1. The lowest BCUT2D eigenvalue weighted by atomic mass is 10.4. The molecule has 0 saturated carbocycles. The quantitative estimate of drug-likeness (QED) is 0.629. The second-order valence-electron chi connectivity index (χ2n) is 4.67. The molecule has 0 fully saturated rings. The Labute approximate surface area is 132 Å². The third-order valence-corrected chi connectivity index (χ3v) is 4.04. The monoisotopic (exact) mass is 320 g/mol. The van der Waals surface area contributed by atoms with Gasteiger partial charge in [-0.05, 0) is 42.5 Å². The van der Waals surface area contributed by atoms with Gasteiger partial charge in [0.05, 0.1) is 0 Å². The number of rotatable bonds is 7. The van der Waals surface area contributed by atoms with Crippen molar-refractivity contribution in [2.75, 3.05) is 12.3 Å². The van der Waals surface area contributed by atoms with E-state index in [1.165, 1.54) is 22.8 Å².